The Morgan fingerprint density at radius 2 is 1.41 bits per heavy atom. The molecule has 0 aromatic heterocycles. The Hall–Kier alpha value is -3.67. The molecule has 3 rings (SSSR count). The minimum absolute atomic E-state index is 0.0688. The first-order chi connectivity index (χ1) is 15.4. The molecule has 2 aromatic rings. The fraction of sp³-hybridized carbons (Fsp3) is 0.269. The summed E-state index contributed by atoms with van der Waals surface area (Å²) in [5.74, 6) is -2.14. The Balaban J connectivity index is 2.22. The molecule has 32 heavy (non-hydrogen) atoms. The average molecular weight is 434 g/mol. The van der Waals surface area contributed by atoms with Crippen molar-refractivity contribution < 1.29 is 23.9 Å². The summed E-state index contributed by atoms with van der Waals surface area (Å²) in [6, 6.07) is 17.4. The van der Waals surface area contributed by atoms with Crippen molar-refractivity contribution in [2.45, 2.75) is 25.8 Å². The Kier molecular flexibility index (Phi) is 7.25. The summed E-state index contributed by atoms with van der Waals surface area (Å²) in [5, 5.41) is 2.97. The molecular weight excluding hydrogens is 406 g/mol. The fourth-order valence-corrected chi connectivity index (χ4v) is 3.95. The van der Waals surface area contributed by atoms with E-state index in [1.165, 1.54) is 14.2 Å². The van der Waals surface area contributed by atoms with Crippen LogP contribution in [0.4, 0.5) is 0 Å². The summed E-state index contributed by atoms with van der Waals surface area (Å²) in [5.41, 5.74) is 2.25. The van der Waals surface area contributed by atoms with Crippen LogP contribution in [0, 0.1) is 5.92 Å². The lowest BCUT2D eigenvalue weighted by Gasteiger charge is -2.34. The second kappa shape index (κ2) is 10.1. The van der Waals surface area contributed by atoms with Gasteiger partial charge in [-0.1, -0.05) is 68.5 Å². The van der Waals surface area contributed by atoms with Crippen molar-refractivity contribution in [1.82, 2.24) is 5.32 Å². The molecule has 0 heterocycles. The largest absolute Gasteiger partial charge is 0.466 e. The van der Waals surface area contributed by atoms with Gasteiger partial charge in [-0.3, -0.25) is 4.79 Å². The first-order valence-electron chi connectivity index (χ1n) is 10.4. The number of hydrogen-bond donors (Lipinski definition) is 1. The number of hydrogen-bond acceptors (Lipinski definition) is 5. The van der Waals surface area contributed by atoms with Crippen LogP contribution in [0.2, 0.25) is 0 Å². The quantitative estimate of drug-likeness (QED) is 0.701. The number of carbonyl (C=O) groups excluding carboxylic acids is 3. The minimum Gasteiger partial charge on any atom is -0.466 e. The maximum atomic E-state index is 13.1. The predicted octanol–water partition coefficient (Wildman–Crippen LogP) is 3.81. The normalized spacial score (nSPS) is 18.1. The van der Waals surface area contributed by atoms with Gasteiger partial charge in [-0.15, -0.1) is 0 Å². The molecule has 0 aliphatic heterocycles. The zero-order chi connectivity index (χ0) is 23.3. The van der Waals surface area contributed by atoms with Gasteiger partial charge in [0.1, 0.15) is 0 Å². The van der Waals surface area contributed by atoms with Gasteiger partial charge in [-0.25, -0.2) is 9.59 Å². The Labute approximate surface area is 187 Å². The van der Waals surface area contributed by atoms with Crippen LogP contribution in [-0.2, 0) is 19.1 Å². The molecule has 0 saturated carbocycles. The molecule has 2 atom stereocenters. The number of rotatable bonds is 6. The van der Waals surface area contributed by atoms with Crippen molar-refractivity contribution in [3.05, 3.63) is 94.6 Å². The second-order valence-corrected chi connectivity index (χ2v) is 7.80. The fourth-order valence-electron chi connectivity index (χ4n) is 3.95. The van der Waals surface area contributed by atoms with Crippen molar-refractivity contribution in [2.24, 2.45) is 5.92 Å². The summed E-state index contributed by atoms with van der Waals surface area (Å²) in [7, 11) is 2.52. The van der Waals surface area contributed by atoms with Gasteiger partial charge in [0.25, 0.3) is 5.91 Å². The van der Waals surface area contributed by atoms with E-state index in [4.69, 9.17) is 9.47 Å². The topological polar surface area (TPSA) is 81.7 Å². The lowest BCUT2D eigenvalue weighted by molar-refractivity contribution is -0.139. The number of amides is 1. The molecule has 1 N–H and O–H groups in total. The second-order valence-electron chi connectivity index (χ2n) is 7.80. The molecule has 0 radical (unpaired) electrons. The lowest BCUT2D eigenvalue weighted by Crippen LogP contribution is -2.45. The van der Waals surface area contributed by atoms with Crippen LogP contribution in [0.3, 0.4) is 0 Å². The molecule has 1 aliphatic carbocycles. The highest BCUT2D eigenvalue weighted by atomic mass is 16.5. The van der Waals surface area contributed by atoms with Crippen molar-refractivity contribution in [3.8, 4) is 0 Å². The van der Waals surface area contributed by atoms with E-state index in [1.807, 2.05) is 56.3 Å². The Morgan fingerprint density at radius 1 is 0.844 bits per heavy atom. The van der Waals surface area contributed by atoms with E-state index in [9.17, 15) is 14.4 Å². The molecule has 0 fully saturated rings. The first kappa shape index (κ1) is 23.0. The molecule has 1 amide bonds. The van der Waals surface area contributed by atoms with E-state index < -0.39 is 18.0 Å². The van der Waals surface area contributed by atoms with Gasteiger partial charge in [0.15, 0.2) is 0 Å². The molecule has 1 aliphatic rings. The van der Waals surface area contributed by atoms with Gasteiger partial charge in [-0.05, 0) is 29.2 Å². The molecule has 6 nitrogen and oxygen atoms in total. The van der Waals surface area contributed by atoms with Crippen LogP contribution in [0.5, 0.6) is 0 Å². The van der Waals surface area contributed by atoms with Gasteiger partial charge >= 0.3 is 11.9 Å². The molecule has 2 aromatic carbocycles. The first-order valence-corrected chi connectivity index (χ1v) is 10.4. The summed E-state index contributed by atoms with van der Waals surface area (Å²) >= 11 is 0. The standard InChI is InChI=1S/C26H27NO5/c1-16(2)19-15-20(17-11-7-5-8-12-17)23(27-24(28)18-13-9-6-10-14-18)22(26(30)32-4)21(19)25(29)31-3/h5-16,20,23H,1-4H3,(H,27,28)/t20-,23-/m1/s1. The van der Waals surface area contributed by atoms with Crippen LogP contribution in [0.1, 0.15) is 35.7 Å². The Morgan fingerprint density at radius 3 is 1.94 bits per heavy atom. The minimum atomic E-state index is -0.825. The Bertz CT molecular complexity index is 1050. The summed E-state index contributed by atoms with van der Waals surface area (Å²) in [6.07, 6.45) is 1.94. The summed E-state index contributed by atoms with van der Waals surface area (Å²) in [6.45, 7) is 3.88. The third-order valence-electron chi connectivity index (χ3n) is 5.51. The van der Waals surface area contributed by atoms with Gasteiger partial charge in [0.2, 0.25) is 0 Å². The zero-order valence-electron chi connectivity index (χ0n) is 18.6. The SMILES string of the molecule is COC(=O)C1=C(C(=O)OC)[C@H](NC(=O)c2ccccc2)[C@@H](c2ccccc2)C=C1C(C)C. The molecule has 0 saturated heterocycles. The van der Waals surface area contributed by atoms with E-state index in [1.54, 1.807) is 24.3 Å². The lowest BCUT2D eigenvalue weighted by atomic mass is 9.74. The van der Waals surface area contributed by atoms with Crippen LogP contribution in [-0.4, -0.2) is 38.1 Å². The van der Waals surface area contributed by atoms with Gasteiger partial charge < -0.3 is 14.8 Å². The molecule has 0 spiro atoms. The summed E-state index contributed by atoms with van der Waals surface area (Å²) < 4.78 is 10.1. The number of benzene rings is 2. The van der Waals surface area contributed by atoms with Crippen LogP contribution in [0.15, 0.2) is 83.5 Å². The van der Waals surface area contributed by atoms with Crippen molar-refractivity contribution in [3.63, 3.8) is 0 Å². The molecule has 0 bridgehead atoms. The molecule has 0 unspecified atom stereocenters. The molecule has 6 heteroatoms. The van der Waals surface area contributed by atoms with Crippen molar-refractivity contribution in [1.29, 1.82) is 0 Å². The highest BCUT2D eigenvalue weighted by Crippen LogP contribution is 2.39. The van der Waals surface area contributed by atoms with Crippen LogP contribution < -0.4 is 5.32 Å². The van der Waals surface area contributed by atoms with Crippen molar-refractivity contribution in [2.75, 3.05) is 14.2 Å². The van der Waals surface area contributed by atoms with Gasteiger partial charge in [0.05, 0.1) is 31.4 Å². The van der Waals surface area contributed by atoms with E-state index in [-0.39, 0.29) is 28.9 Å². The summed E-state index contributed by atoms with van der Waals surface area (Å²) in [4.78, 5) is 38.9. The van der Waals surface area contributed by atoms with E-state index >= 15 is 0 Å². The predicted molar refractivity (Wildman–Crippen MR) is 121 cm³/mol. The van der Waals surface area contributed by atoms with Gasteiger partial charge in [-0.2, -0.15) is 0 Å². The average Bonchev–Trinajstić information content (AvgIpc) is 2.83. The maximum absolute atomic E-state index is 13.1. The number of nitrogens with one attached hydrogen (secondary N) is 1. The number of carbonyl (C=O) groups is 3. The maximum Gasteiger partial charge on any atom is 0.338 e. The zero-order valence-corrected chi connectivity index (χ0v) is 18.6. The molecule has 166 valence electrons. The number of methoxy groups -OCH3 is 2. The highest BCUT2D eigenvalue weighted by molar-refractivity contribution is 6.06. The number of esters is 2. The number of ether oxygens (including phenoxy) is 2. The van der Waals surface area contributed by atoms with E-state index in [2.05, 4.69) is 5.32 Å². The highest BCUT2D eigenvalue weighted by Gasteiger charge is 2.41. The van der Waals surface area contributed by atoms with Crippen LogP contribution >= 0.6 is 0 Å². The third-order valence-corrected chi connectivity index (χ3v) is 5.51. The molecular formula is C26H27NO5. The van der Waals surface area contributed by atoms with Crippen LogP contribution in [0.25, 0.3) is 0 Å². The monoisotopic (exact) mass is 433 g/mol. The van der Waals surface area contributed by atoms with E-state index in [0.29, 0.717) is 11.1 Å². The van der Waals surface area contributed by atoms with Gasteiger partial charge in [0, 0.05) is 11.5 Å². The van der Waals surface area contributed by atoms with Crippen molar-refractivity contribution >= 4 is 17.8 Å². The van der Waals surface area contributed by atoms with E-state index in [0.717, 1.165) is 5.56 Å². The third kappa shape index (κ3) is 4.64. The smallest absolute Gasteiger partial charge is 0.338 e.